The van der Waals surface area contributed by atoms with Crippen LogP contribution in [-0.2, 0) is 6.54 Å². The maximum atomic E-state index is 9.67. The SMILES string of the molecule is CC(C)CCC(C)NCc1cc(Cl)ccc1O. The molecule has 1 aromatic rings. The van der Waals surface area contributed by atoms with E-state index in [4.69, 9.17) is 11.6 Å². The molecule has 0 fully saturated rings. The highest BCUT2D eigenvalue weighted by Gasteiger charge is 2.06. The highest BCUT2D eigenvalue weighted by atomic mass is 35.5. The van der Waals surface area contributed by atoms with Gasteiger partial charge in [0.15, 0.2) is 0 Å². The molecule has 0 amide bonds. The Bertz CT molecular complexity index is 352. The monoisotopic (exact) mass is 255 g/mol. The normalized spacial score (nSPS) is 13.0. The van der Waals surface area contributed by atoms with E-state index >= 15 is 0 Å². The smallest absolute Gasteiger partial charge is 0.120 e. The van der Waals surface area contributed by atoms with Gasteiger partial charge in [0.05, 0.1) is 0 Å². The van der Waals surface area contributed by atoms with Gasteiger partial charge in [-0.15, -0.1) is 0 Å². The molecule has 3 heteroatoms. The third-order valence-electron chi connectivity index (χ3n) is 2.86. The Morgan fingerprint density at radius 2 is 1.94 bits per heavy atom. The second-order valence-electron chi connectivity index (χ2n) is 5.03. The third-order valence-corrected chi connectivity index (χ3v) is 3.09. The first-order chi connectivity index (χ1) is 7.99. The molecule has 1 aromatic carbocycles. The molecule has 1 atom stereocenters. The number of aromatic hydroxyl groups is 1. The molecular weight excluding hydrogens is 234 g/mol. The fourth-order valence-corrected chi connectivity index (χ4v) is 1.86. The van der Waals surface area contributed by atoms with Gasteiger partial charge < -0.3 is 10.4 Å². The second-order valence-corrected chi connectivity index (χ2v) is 5.46. The number of halogens is 1. The minimum Gasteiger partial charge on any atom is -0.508 e. The van der Waals surface area contributed by atoms with Crippen LogP contribution in [0.2, 0.25) is 5.02 Å². The molecule has 0 saturated carbocycles. The number of rotatable bonds is 6. The second kappa shape index (κ2) is 6.87. The largest absolute Gasteiger partial charge is 0.508 e. The minimum atomic E-state index is 0.304. The van der Waals surface area contributed by atoms with Crippen molar-refractivity contribution in [2.45, 2.75) is 46.2 Å². The Morgan fingerprint density at radius 1 is 1.24 bits per heavy atom. The molecular formula is C14H22ClNO. The number of hydrogen-bond acceptors (Lipinski definition) is 2. The van der Waals surface area contributed by atoms with Crippen molar-refractivity contribution >= 4 is 11.6 Å². The molecule has 0 spiro atoms. The molecule has 0 radical (unpaired) electrons. The average molecular weight is 256 g/mol. The van der Waals surface area contributed by atoms with E-state index in [1.807, 2.05) is 0 Å². The van der Waals surface area contributed by atoms with Gasteiger partial charge in [0, 0.05) is 23.2 Å². The third kappa shape index (κ3) is 5.42. The van der Waals surface area contributed by atoms with Crippen LogP contribution in [0.25, 0.3) is 0 Å². The highest BCUT2D eigenvalue weighted by Crippen LogP contribution is 2.21. The Kier molecular flexibility index (Phi) is 5.79. The lowest BCUT2D eigenvalue weighted by Gasteiger charge is -2.15. The van der Waals surface area contributed by atoms with Crippen LogP contribution in [0.1, 0.15) is 39.2 Å². The topological polar surface area (TPSA) is 32.3 Å². The maximum Gasteiger partial charge on any atom is 0.120 e. The Morgan fingerprint density at radius 3 is 2.59 bits per heavy atom. The van der Waals surface area contributed by atoms with Gasteiger partial charge in [-0.05, 0) is 43.9 Å². The van der Waals surface area contributed by atoms with Crippen LogP contribution in [0.4, 0.5) is 0 Å². The van der Waals surface area contributed by atoms with Crippen molar-refractivity contribution in [3.8, 4) is 5.75 Å². The zero-order valence-electron chi connectivity index (χ0n) is 10.8. The van der Waals surface area contributed by atoms with E-state index in [2.05, 4.69) is 26.1 Å². The summed E-state index contributed by atoms with van der Waals surface area (Å²) in [5.74, 6) is 1.04. The first-order valence-electron chi connectivity index (χ1n) is 6.19. The number of hydrogen-bond donors (Lipinski definition) is 2. The highest BCUT2D eigenvalue weighted by molar-refractivity contribution is 6.30. The summed E-state index contributed by atoms with van der Waals surface area (Å²) in [4.78, 5) is 0. The van der Waals surface area contributed by atoms with Crippen LogP contribution in [0, 0.1) is 5.92 Å². The Labute approximate surface area is 109 Å². The van der Waals surface area contributed by atoms with Gasteiger partial charge in [0.2, 0.25) is 0 Å². The quantitative estimate of drug-likeness (QED) is 0.807. The predicted molar refractivity (Wildman–Crippen MR) is 73.5 cm³/mol. The molecule has 0 heterocycles. The van der Waals surface area contributed by atoms with Gasteiger partial charge in [-0.25, -0.2) is 0 Å². The number of nitrogens with one attached hydrogen (secondary N) is 1. The molecule has 0 bridgehead atoms. The van der Waals surface area contributed by atoms with Crippen molar-refractivity contribution in [2.24, 2.45) is 5.92 Å². The summed E-state index contributed by atoms with van der Waals surface area (Å²) in [6.07, 6.45) is 2.37. The van der Waals surface area contributed by atoms with Crippen LogP contribution < -0.4 is 5.32 Å². The van der Waals surface area contributed by atoms with E-state index in [0.717, 1.165) is 17.9 Å². The lowest BCUT2D eigenvalue weighted by molar-refractivity contribution is 0.436. The lowest BCUT2D eigenvalue weighted by atomic mass is 10.0. The molecule has 0 aliphatic heterocycles. The first-order valence-corrected chi connectivity index (χ1v) is 6.57. The Balaban J connectivity index is 2.41. The molecule has 0 aromatic heterocycles. The summed E-state index contributed by atoms with van der Waals surface area (Å²) < 4.78 is 0. The van der Waals surface area contributed by atoms with Crippen LogP contribution >= 0.6 is 11.6 Å². The van der Waals surface area contributed by atoms with Gasteiger partial charge in [0.1, 0.15) is 5.75 Å². The van der Waals surface area contributed by atoms with E-state index in [1.165, 1.54) is 6.42 Å². The van der Waals surface area contributed by atoms with Gasteiger partial charge in [0.25, 0.3) is 0 Å². The molecule has 17 heavy (non-hydrogen) atoms. The standard InChI is InChI=1S/C14H22ClNO/c1-10(2)4-5-11(3)16-9-12-8-13(15)6-7-14(12)17/h6-8,10-11,16-17H,4-5,9H2,1-3H3. The van der Waals surface area contributed by atoms with Crippen LogP contribution in [-0.4, -0.2) is 11.1 Å². The molecule has 0 aliphatic carbocycles. The summed E-state index contributed by atoms with van der Waals surface area (Å²) in [5.41, 5.74) is 0.855. The fraction of sp³-hybridized carbons (Fsp3) is 0.571. The maximum absolute atomic E-state index is 9.67. The van der Waals surface area contributed by atoms with E-state index < -0.39 is 0 Å². The van der Waals surface area contributed by atoms with Crippen molar-refractivity contribution in [3.05, 3.63) is 28.8 Å². The summed E-state index contributed by atoms with van der Waals surface area (Å²) in [7, 11) is 0. The molecule has 1 unspecified atom stereocenters. The van der Waals surface area contributed by atoms with E-state index in [-0.39, 0.29) is 0 Å². The first kappa shape index (κ1) is 14.3. The zero-order chi connectivity index (χ0) is 12.8. The lowest BCUT2D eigenvalue weighted by Crippen LogP contribution is -2.25. The summed E-state index contributed by atoms with van der Waals surface area (Å²) in [6, 6.07) is 5.59. The van der Waals surface area contributed by atoms with Crippen LogP contribution in [0.3, 0.4) is 0 Å². The Hall–Kier alpha value is -0.730. The zero-order valence-corrected chi connectivity index (χ0v) is 11.6. The summed E-state index contributed by atoms with van der Waals surface area (Å²) in [5, 5.41) is 13.7. The van der Waals surface area contributed by atoms with E-state index in [9.17, 15) is 5.11 Å². The average Bonchev–Trinajstić information content (AvgIpc) is 2.27. The van der Waals surface area contributed by atoms with Crippen molar-refractivity contribution in [1.29, 1.82) is 0 Å². The van der Waals surface area contributed by atoms with Crippen molar-refractivity contribution in [1.82, 2.24) is 5.32 Å². The van der Waals surface area contributed by atoms with Crippen LogP contribution in [0.15, 0.2) is 18.2 Å². The molecule has 96 valence electrons. The predicted octanol–water partition coefficient (Wildman–Crippen LogP) is 3.96. The molecule has 0 saturated heterocycles. The van der Waals surface area contributed by atoms with Gasteiger partial charge in [-0.1, -0.05) is 25.4 Å². The van der Waals surface area contributed by atoms with Gasteiger partial charge >= 0.3 is 0 Å². The molecule has 1 rings (SSSR count). The number of phenolic OH excluding ortho intramolecular Hbond substituents is 1. The van der Waals surface area contributed by atoms with E-state index in [1.54, 1.807) is 18.2 Å². The summed E-state index contributed by atoms with van der Waals surface area (Å²) in [6.45, 7) is 7.29. The minimum absolute atomic E-state index is 0.304. The van der Waals surface area contributed by atoms with E-state index in [0.29, 0.717) is 23.4 Å². The number of benzene rings is 1. The van der Waals surface area contributed by atoms with Crippen molar-refractivity contribution < 1.29 is 5.11 Å². The molecule has 2 nitrogen and oxygen atoms in total. The molecule has 0 aliphatic rings. The van der Waals surface area contributed by atoms with Crippen molar-refractivity contribution in [2.75, 3.05) is 0 Å². The van der Waals surface area contributed by atoms with Crippen molar-refractivity contribution in [3.63, 3.8) is 0 Å². The van der Waals surface area contributed by atoms with Crippen LogP contribution in [0.5, 0.6) is 5.75 Å². The van der Waals surface area contributed by atoms with Gasteiger partial charge in [-0.2, -0.15) is 0 Å². The molecule has 2 N–H and O–H groups in total. The summed E-state index contributed by atoms with van der Waals surface area (Å²) >= 11 is 5.90. The van der Waals surface area contributed by atoms with Gasteiger partial charge in [-0.3, -0.25) is 0 Å². The fourth-order valence-electron chi connectivity index (χ4n) is 1.67. The number of phenols is 1.